The lowest BCUT2D eigenvalue weighted by molar-refractivity contribution is 1.19. The summed E-state index contributed by atoms with van der Waals surface area (Å²) in [4.78, 5) is 0. The van der Waals surface area contributed by atoms with Gasteiger partial charge in [0, 0.05) is 5.69 Å². The average molecular weight is 259 g/mol. The minimum Gasteiger partial charge on any atom is -0.399 e. The molecule has 1 heteroatoms. The molecule has 0 saturated carbocycles. The summed E-state index contributed by atoms with van der Waals surface area (Å²) in [5.74, 6) is 0. The molecule has 0 saturated heterocycles. The summed E-state index contributed by atoms with van der Waals surface area (Å²) in [6.07, 6.45) is 0.917. The van der Waals surface area contributed by atoms with Gasteiger partial charge in [0.25, 0.3) is 0 Å². The van der Waals surface area contributed by atoms with E-state index >= 15 is 0 Å². The van der Waals surface area contributed by atoms with Crippen LogP contribution in [0.2, 0.25) is 0 Å². The molecule has 0 fully saturated rings. The Kier molecular flexibility index (Phi) is 3.51. The first-order valence-corrected chi connectivity index (χ1v) is 6.80. The molecule has 0 spiro atoms. The maximum atomic E-state index is 5.81. The zero-order valence-corrected chi connectivity index (χ0v) is 11.3. The van der Waals surface area contributed by atoms with Crippen molar-refractivity contribution in [2.45, 2.75) is 6.42 Å². The van der Waals surface area contributed by atoms with Crippen LogP contribution in [0.4, 0.5) is 5.69 Å². The monoisotopic (exact) mass is 259 g/mol. The molecule has 0 heterocycles. The van der Waals surface area contributed by atoms with Gasteiger partial charge in [0.05, 0.1) is 0 Å². The van der Waals surface area contributed by atoms with Gasteiger partial charge < -0.3 is 5.73 Å². The van der Waals surface area contributed by atoms with E-state index in [-0.39, 0.29) is 0 Å². The fourth-order valence-corrected chi connectivity index (χ4v) is 2.38. The van der Waals surface area contributed by atoms with Gasteiger partial charge in [0.2, 0.25) is 0 Å². The average Bonchev–Trinajstić information content (AvgIpc) is 2.49. The predicted molar refractivity (Wildman–Crippen MR) is 85.5 cm³/mol. The summed E-state index contributed by atoms with van der Waals surface area (Å²) >= 11 is 0. The molecule has 0 radical (unpaired) electrons. The maximum absolute atomic E-state index is 5.81. The highest BCUT2D eigenvalue weighted by Gasteiger charge is 1.99. The van der Waals surface area contributed by atoms with Crippen molar-refractivity contribution in [3.8, 4) is 11.1 Å². The van der Waals surface area contributed by atoms with Crippen molar-refractivity contribution in [3.63, 3.8) is 0 Å². The van der Waals surface area contributed by atoms with Crippen molar-refractivity contribution in [1.82, 2.24) is 0 Å². The molecule has 20 heavy (non-hydrogen) atoms. The van der Waals surface area contributed by atoms with Crippen molar-refractivity contribution in [1.29, 1.82) is 0 Å². The molecule has 98 valence electrons. The summed E-state index contributed by atoms with van der Waals surface area (Å²) in [6, 6.07) is 27.2. The largest absolute Gasteiger partial charge is 0.399 e. The molecular weight excluding hydrogens is 242 g/mol. The Bertz CT molecular complexity index is 684. The van der Waals surface area contributed by atoms with Crippen LogP contribution in [0, 0.1) is 0 Å². The van der Waals surface area contributed by atoms with Crippen molar-refractivity contribution < 1.29 is 0 Å². The van der Waals surface area contributed by atoms with Crippen LogP contribution < -0.4 is 5.73 Å². The van der Waals surface area contributed by atoms with Crippen LogP contribution in [0.25, 0.3) is 11.1 Å². The second-order valence-corrected chi connectivity index (χ2v) is 4.98. The van der Waals surface area contributed by atoms with Crippen molar-refractivity contribution in [2.75, 3.05) is 5.73 Å². The number of benzene rings is 3. The van der Waals surface area contributed by atoms with Crippen LogP contribution in [-0.2, 0) is 6.42 Å². The van der Waals surface area contributed by atoms with E-state index in [1.165, 1.54) is 22.3 Å². The van der Waals surface area contributed by atoms with Gasteiger partial charge >= 0.3 is 0 Å². The molecule has 0 aromatic heterocycles. The van der Waals surface area contributed by atoms with Gasteiger partial charge in [-0.1, -0.05) is 66.7 Å². The second kappa shape index (κ2) is 5.62. The molecule has 2 N–H and O–H groups in total. The molecule has 0 atom stereocenters. The Morgan fingerprint density at radius 2 is 1.30 bits per heavy atom. The molecule has 0 aliphatic heterocycles. The van der Waals surface area contributed by atoms with Crippen LogP contribution in [-0.4, -0.2) is 0 Å². The standard InChI is InChI=1S/C19H17N/c20-19-8-4-5-16(14-19)13-15-9-11-18(12-10-15)17-6-2-1-3-7-17/h1-12,14H,13,20H2. The lowest BCUT2D eigenvalue weighted by atomic mass is 10.0. The molecule has 0 bridgehead atoms. The molecule has 0 amide bonds. The maximum Gasteiger partial charge on any atom is 0.0316 e. The van der Waals surface area contributed by atoms with Gasteiger partial charge in [-0.3, -0.25) is 0 Å². The van der Waals surface area contributed by atoms with Gasteiger partial charge in [-0.05, 0) is 40.8 Å². The second-order valence-electron chi connectivity index (χ2n) is 4.98. The molecule has 1 nitrogen and oxygen atoms in total. The van der Waals surface area contributed by atoms with Gasteiger partial charge in [-0.25, -0.2) is 0 Å². The van der Waals surface area contributed by atoms with E-state index in [4.69, 9.17) is 5.73 Å². The number of rotatable bonds is 3. The number of hydrogen-bond donors (Lipinski definition) is 1. The third-order valence-electron chi connectivity index (χ3n) is 3.42. The van der Waals surface area contributed by atoms with Crippen LogP contribution in [0.1, 0.15) is 11.1 Å². The third-order valence-corrected chi connectivity index (χ3v) is 3.42. The minimum absolute atomic E-state index is 0.823. The first-order valence-electron chi connectivity index (χ1n) is 6.80. The molecular formula is C19H17N. The Morgan fingerprint density at radius 3 is 2.00 bits per heavy atom. The van der Waals surface area contributed by atoms with Crippen molar-refractivity contribution in [3.05, 3.63) is 90.0 Å². The van der Waals surface area contributed by atoms with E-state index in [2.05, 4.69) is 54.6 Å². The number of anilines is 1. The number of hydrogen-bond acceptors (Lipinski definition) is 1. The topological polar surface area (TPSA) is 26.0 Å². The Balaban J connectivity index is 1.80. The SMILES string of the molecule is Nc1cccc(Cc2ccc(-c3ccccc3)cc2)c1. The summed E-state index contributed by atoms with van der Waals surface area (Å²) in [7, 11) is 0. The van der Waals surface area contributed by atoms with E-state index < -0.39 is 0 Å². The van der Waals surface area contributed by atoms with Crippen LogP contribution in [0.5, 0.6) is 0 Å². The smallest absolute Gasteiger partial charge is 0.0316 e. The lowest BCUT2D eigenvalue weighted by Gasteiger charge is -2.05. The highest BCUT2D eigenvalue weighted by molar-refractivity contribution is 5.63. The summed E-state index contributed by atoms with van der Waals surface area (Å²) in [5, 5.41) is 0. The lowest BCUT2D eigenvalue weighted by Crippen LogP contribution is -1.91. The number of nitrogens with two attached hydrogens (primary N) is 1. The number of nitrogen functional groups attached to an aromatic ring is 1. The fourth-order valence-electron chi connectivity index (χ4n) is 2.38. The molecule has 3 aromatic carbocycles. The van der Waals surface area contributed by atoms with Crippen molar-refractivity contribution >= 4 is 5.69 Å². The molecule has 0 aliphatic carbocycles. The zero-order chi connectivity index (χ0) is 13.8. The Morgan fingerprint density at radius 1 is 0.600 bits per heavy atom. The van der Waals surface area contributed by atoms with E-state index in [0.717, 1.165) is 12.1 Å². The highest BCUT2D eigenvalue weighted by atomic mass is 14.5. The fraction of sp³-hybridized carbons (Fsp3) is 0.0526. The van der Waals surface area contributed by atoms with Crippen molar-refractivity contribution in [2.24, 2.45) is 0 Å². The van der Waals surface area contributed by atoms with Gasteiger partial charge in [-0.15, -0.1) is 0 Å². The predicted octanol–water partition coefficient (Wildman–Crippen LogP) is 4.53. The van der Waals surface area contributed by atoms with Gasteiger partial charge in [0.1, 0.15) is 0 Å². The highest BCUT2D eigenvalue weighted by Crippen LogP contribution is 2.20. The van der Waals surface area contributed by atoms with Crippen LogP contribution >= 0.6 is 0 Å². The summed E-state index contributed by atoms with van der Waals surface area (Å²) in [5.41, 5.74) is 11.7. The van der Waals surface area contributed by atoms with E-state index in [1.54, 1.807) is 0 Å². The Hall–Kier alpha value is -2.54. The molecule has 0 aliphatic rings. The van der Waals surface area contributed by atoms with Crippen LogP contribution in [0.15, 0.2) is 78.9 Å². The minimum atomic E-state index is 0.823. The normalized spacial score (nSPS) is 10.4. The summed E-state index contributed by atoms with van der Waals surface area (Å²) in [6.45, 7) is 0. The van der Waals surface area contributed by atoms with E-state index in [9.17, 15) is 0 Å². The molecule has 3 rings (SSSR count). The molecule has 0 unspecified atom stereocenters. The Labute approximate surface area is 119 Å². The van der Waals surface area contributed by atoms with Gasteiger partial charge in [0.15, 0.2) is 0 Å². The first-order chi connectivity index (χ1) is 9.81. The van der Waals surface area contributed by atoms with E-state index in [0.29, 0.717) is 0 Å². The quantitative estimate of drug-likeness (QED) is 0.687. The van der Waals surface area contributed by atoms with Gasteiger partial charge in [-0.2, -0.15) is 0 Å². The van der Waals surface area contributed by atoms with Crippen LogP contribution in [0.3, 0.4) is 0 Å². The summed E-state index contributed by atoms with van der Waals surface area (Å²) < 4.78 is 0. The zero-order valence-electron chi connectivity index (χ0n) is 11.3. The third kappa shape index (κ3) is 2.89. The first kappa shape index (κ1) is 12.5. The molecule has 3 aromatic rings. The van der Waals surface area contributed by atoms with E-state index in [1.807, 2.05) is 24.3 Å².